The lowest BCUT2D eigenvalue weighted by Gasteiger charge is -2.11. The Kier molecular flexibility index (Phi) is 3.89. The summed E-state index contributed by atoms with van der Waals surface area (Å²) in [5, 5.41) is 0.150. The maximum atomic E-state index is 12.2. The number of benzene rings is 2. The number of para-hydroxylation sites is 2. The third-order valence-corrected chi connectivity index (χ3v) is 4.75. The number of nitrogens with two attached hydrogens (primary N) is 1. The summed E-state index contributed by atoms with van der Waals surface area (Å²) in [6.45, 7) is 0. The highest BCUT2D eigenvalue weighted by Crippen LogP contribution is 2.30. The highest BCUT2D eigenvalue weighted by Gasteiger charge is 2.20. The van der Waals surface area contributed by atoms with Crippen molar-refractivity contribution in [3.8, 4) is 0 Å². The van der Waals surface area contributed by atoms with E-state index in [1.807, 2.05) is 0 Å². The predicted octanol–water partition coefficient (Wildman–Crippen LogP) is 3.38. The van der Waals surface area contributed by atoms with E-state index in [4.69, 9.17) is 28.9 Å². The van der Waals surface area contributed by atoms with E-state index >= 15 is 0 Å². The lowest BCUT2D eigenvalue weighted by molar-refractivity contribution is 0.601. The lowest BCUT2D eigenvalue weighted by Crippen LogP contribution is -2.14. The van der Waals surface area contributed by atoms with E-state index in [2.05, 4.69) is 4.72 Å². The minimum absolute atomic E-state index is 0.0221. The molecule has 2 aromatic rings. The Labute approximate surface area is 121 Å². The zero-order valence-electron chi connectivity index (χ0n) is 9.60. The summed E-state index contributed by atoms with van der Waals surface area (Å²) in [7, 11) is -3.84. The minimum atomic E-state index is -3.84. The zero-order valence-corrected chi connectivity index (χ0v) is 11.9. The molecule has 0 heterocycles. The molecule has 0 aromatic heterocycles. The van der Waals surface area contributed by atoms with E-state index in [1.165, 1.54) is 18.2 Å². The van der Waals surface area contributed by atoms with Crippen LogP contribution < -0.4 is 10.5 Å². The van der Waals surface area contributed by atoms with E-state index < -0.39 is 10.0 Å². The van der Waals surface area contributed by atoms with Crippen LogP contribution in [0.25, 0.3) is 0 Å². The second-order valence-corrected chi connectivity index (χ2v) is 6.18. The Bertz CT molecular complexity index is 717. The van der Waals surface area contributed by atoms with Crippen molar-refractivity contribution >= 4 is 44.6 Å². The van der Waals surface area contributed by atoms with Crippen molar-refractivity contribution in [2.75, 3.05) is 10.5 Å². The SMILES string of the molecule is Nc1ccccc1NS(=O)(=O)c1cccc(Cl)c1Cl. The molecule has 0 saturated heterocycles. The Balaban J connectivity index is 2.44. The van der Waals surface area contributed by atoms with Crippen LogP contribution in [-0.4, -0.2) is 8.42 Å². The Morgan fingerprint density at radius 3 is 2.37 bits per heavy atom. The molecule has 2 aromatic carbocycles. The molecule has 7 heteroatoms. The molecule has 3 N–H and O–H groups in total. The van der Waals surface area contributed by atoms with Gasteiger partial charge in [0.05, 0.1) is 21.4 Å². The predicted molar refractivity (Wildman–Crippen MR) is 78.1 cm³/mol. The van der Waals surface area contributed by atoms with Crippen molar-refractivity contribution in [3.63, 3.8) is 0 Å². The molecule has 0 aliphatic heterocycles. The normalized spacial score (nSPS) is 11.3. The first kappa shape index (κ1) is 14.0. The number of anilines is 2. The molecule has 0 amide bonds. The molecule has 0 spiro atoms. The van der Waals surface area contributed by atoms with Crippen LogP contribution in [0, 0.1) is 0 Å². The maximum Gasteiger partial charge on any atom is 0.263 e. The van der Waals surface area contributed by atoms with E-state index in [0.29, 0.717) is 11.4 Å². The van der Waals surface area contributed by atoms with Gasteiger partial charge in [0, 0.05) is 0 Å². The molecule has 0 unspecified atom stereocenters. The molecular formula is C12H10Cl2N2O2S. The van der Waals surface area contributed by atoms with E-state index in [0.717, 1.165) is 0 Å². The molecule has 0 fully saturated rings. The molecule has 19 heavy (non-hydrogen) atoms. The van der Waals surface area contributed by atoms with E-state index in [-0.39, 0.29) is 14.9 Å². The molecule has 0 bridgehead atoms. The van der Waals surface area contributed by atoms with Crippen LogP contribution in [0.15, 0.2) is 47.4 Å². The van der Waals surface area contributed by atoms with Gasteiger partial charge in [-0.15, -0.1) is 0 Å². The van der Waals surface area contributed by atoms with Gasteiger partial charge in [-0.2, -0.15) is 0 Å². The highest BCUT2D eigenvalue weighted by molar-refractivity contribution is 7.92. The van der Waals surface area contributed by atoms with Gasteiger partial charge in [0.25, 0.3) is 10.0 Å². The van der Waals surface area contributed by atoms with Crippen molar-refractivity contribution in [1.82, 2.24) is 0 Å². The van der Waals surface area contributed by atoms with Crippen molar-refractivity contribution in [1.29, 1.82) is 0 Å². The first-order valence-electron chi connectivity index (χ1n) is 5.23. The molecule has 0 saturated carbocycles. The zero-order chi connectivity index (χ0) is 14.0. The Hall–Kier alpha value is -1.43. The standard InChI is InChI=1S/C12H10Cl2N2O2S/c13-8-4-3-7-11(12(8)14)19(17,18)16-10-6-2-1-5-9(10)15/h1-7,16H,15H2. The van der Waals surface area contributed by atoms with Crippen LogP contribution in [0.1, 0.15) is 0 Å². The molecule has 0 radical (unpaired) electrons. The van der Waals surface area contributed by atoms with Crippen LogP contribution >= 0.6 is 23.2 Å². The summed E-state index contributed by atoms with van der Waals surface area (Å²) >= 11 is 11.7. The molecule has 0 aliphatic rings. The number of hydrogen-bond donors (Lipinski definition) is 2. The number of hydrogen-bond acceptors (Lipinski definition) is 3. The summed E-state index contributed by atoms with van der Waals surface area (Å²) in [4.78, 5) is -0.0927. The molecular weight excluding hydrogens is 307 g/mol. The third-order valence-electron chi connectivity index (χ3n) is 2.41. The first-order valence-corrected chi connectivity index (χ1v) is 7.47. The van der Waals surface area contributed by atoms with Gasteiger partial charge in [0.1, 0.15) is 4.90 Å². The lowest BCUT2D eigenvalue weighted by atomic mass is 10.3. The van der Waals surface area contributed by atoms with Gasteiger partial charge < -0.3 is 5.73 Å². The fraction of sp³-hybridized carbons (Fsp3) is 0. The topological polar surface area (TPSA) is 72.2 Å². The monoisotopic (exact) mass is 316 g/mol. The van der Waals surface area contributed by atoms with Crippen LogP contribution in [0.4, 0.5) is 11.4 Å². The summed E-state index contributed by atoms with van der Waals surface area (Å²) in [5.41, 5.74) is 6.30. The van der Waals surface area contributed by atoms with Crippen LogP contribution in [0.5, 0.6) is 0 Å². The summed E-state index contributed by atoms with van der Waals surface area (Å²) in [6, 6.07) is 10.9. The van der Waals surface area contributed by atoms with Gasteiger partial charge in [0.2, 0.25) is 0 Å². The minimum Gasteiger partial charge on any atom is -0.397 e. The molecule has 2 rings (SSSR count). The number of rotatable bonds is 3. The average Bonchev–Trinajstić information content (AvgIpc) is 2.35. The molecule has 0 aliphatic carbocycles. The van der Waals surface area contributed by atoms with Gasteiger partial charge in [-0.05, 0) is 24.3 Å². The first-order chi connectivity index (χ1) is 8.92. The second-order valence-electron chi connectivity index (χ2n) is 3.74. The Morgan fingerprint density at radius 2 is 1.68 bits per heavy atom. The summed E-state index contributed by atoms with van der Waals surface area (Å²) in [6.07, 6.45) is 0. The molecule has 100 valence electrons. The number of nitrogen functional groups attached to an aromatic ring is 1. The maximum absolute atomic E-state index is 12.2. The van der Waals surface area contributed by atoms with Gasteiger partial charge in [0.15, 0.2) is 0 Å². The second kappa shape index (κ2) is 5.28. The largest absolute Gasteiger partial charge is 0.397 e. The molecule has 0 atom stereocenters. The van der Waals surface area contributed by atoms with Crippen molar-refractivity contribution in [2.24, 2.45) is 0 Å². The van der Waals surface area contributed by atoms with Gasteiger partial charge in [-0.3, -0.25) is 4.72 Å². The molecule has 4 nitrogen and oxygen atoms in total. The quantitative estimate of drug-likeness (QED) is 0.853. The highest BCUT2D eigenvalue weighted by atomic mass is 35.5. The van der Waals surface area contributed by atoms with Crippen LogP contribution in [0.2, 0.25) is 10.0 Å². The summed E-state index contributed by atoms with van der Waals surface area (Å²) in [5.74, 6) is 0. The van der Waals surface area contributed by atoms with E-state index in [9.17, 15) is 8.42 Å². The smallest absolute Gasteiger partial charge is 0.263 e. The van der Waals surface area contributed by atoms with Crippen molar-refractivity contribution in [2.45, 2.75) is 4.90 Å². The van der Waals surface area contributed by atoms with Crippen molar-refractivity contribution < 1.29 is 8.42 Å². The van der Waals surface area contributed by atoms with Crippen LogP contribution in [0.3, 0.4) is 0 Å². The van der Waals surface area contributed by atoms with Crippen molar-refractivity contribution in [3.05, 3.63) is 52.5 Å². The fourth-order valence-corrected chi connectivity index (χ4v) is 3.33. The van der Waals surface area contributed by atoms with E-state index in [1.54, 1.807) is 24.3 Å². The number of sulfonamides is 1. The van der Waals surface area contributed by atoms with Crippen LogP contribution in [-0.2, 0) is 10.0 Å². The van der Waals surface area contributed by atoms with Gasteiger partial charge in [-0.1, -0.05) is 41.4 Å². The number of nitrogens with one attached hydrogen (secondary N) is 1. The summed E-state index contributed by atoms with van der Waals surface area (Å²) < 4.78 is 26.8. The van der Waals surface area contributed by atoms with Gasteiger partial charge >= 0.3 is 0 Å². The average molecular weight is 317 g/mol. The third kappa shape index (κ3) is 2.94. The Morgan fingerprint density at radius 1 is 1.00 bits per heavy atom. The number of halogens is 2. The van der Waals surface area contributed by atoms with Gasteiger partial charge in [-0.25, -0.2) is 8.42 Å². The fourth-order valence-electron chi connectivity index (χ4n) is 1.48.